The summed E-state index contributed by atoms with van der Waals surface area (Å²) in [7, 11) is 0. The molecule has 0 bridgehead atoms. The molecule has 5 heteroatoms. The summed E-state index contributed by atoms with van der Waals surface area (Å²) in [4.78, 5) is 21.1. The Bertz CT molecular complexity index is 740. The number of benzene rings is 1. The summed E-state index contributed by atoms with van der Waals surface area (Å²) in [6.45, 7) is 10.2. The maximum atomic E-state index is 11.9. The topological polar surface area (TPSA) is 68.7 Å². The third-order valence-electron chi connectivity index (χ3n) is 3.98. The van der Waals surface area contributed by atoms with E-state index >= 15 is 0 Å². The minimum atomic E-state index is -0.291. The molecule has 2 rings (SSSR count). The molecule has 0 unspecified atom stereocenters. The predicted molar refractivity (Wildman–Crippen MR) is 95.7 cm³/mol. The second kappa shape index (κ2) is 7.42. The first-order valence-electron chi connectivity index (χ1n) is 8.01. The van der Waals surface area contributed by atoms with Gasteiger partial charge in [0.05, 0.1) is 12.1 Å². The highest BCUT2D eigenvalue weighted by atomic mass is 16.3. The van der Waals surface area contributed by atoms with E-state index in [-0.39, 0.29) is 11.4 Å². The molecule has 0 spiro atoms. The molecule has 0 aliphatic heterocycles. The molecule has 5 nitrogen and oxygen atoms in total. The molecular weight excluding hydrogens is 290 g/mol. The molecule has 0 saturated heterocycles. The Morgan fingerprint density at radius 3 is 2.39 bits per heavy atom. The third kappa shape index (κ3) is 3.99. The molecule has 124 valence electrons. The van der Waals surface area contributed by atoms with Gasteiger partial charge >= 0.3 is 0 Å². The Morgan fingerprint density at radius 1 is 1.17 bits per heavy atom. The maximum absolute atomic E-state index is 11.9. The largest absolute Gasteiger partial charge is 0.494 e. The number of fused-ring (bicyclic) bond motifs is 1. The molecular formula is C18H25N3O2. The van der Waals surface area contributed by atoms with Crippen LogP contribution in [-0.4, -0.2) is 46.4 Å². The van der Waals surface area contributed by atoms with Crippen LogP contribution in [0, 0.1) is 0 Å². The predicted octanol–water partition coefficient (Wildman–Crippen LogP) is 2.77. The van der Waals surface area contributed by atoms with Gasteiger partial charge in [0.15, 0.2) is 0 Å². The first-order valence-corrected chi connectivity index (χ1v) is 8.01. The van der Waals surface area contributed by atoms with Crippen LogP contribution in [0.25, 0.3) is 10.8 Å². The standard InChI is InChI=1S/C18H25N3O2/c1-12(2)21(13(3)4)10-9-19-11-16-14-7-5-6-8-15(14)17(22)20-18(16)23/h5-8,11-13H,9-10H2,1-4H3,(H2,20,22,23). The van der Waals surface area contributed by atoms with Crippen molar-refractivity contribution < 1.29 is 5.11 Å². The molecule has 2 aromatic rings. The Balaban J connectivity index is 2.20. The second-order valence-electron chi connectivity index (χ2n) is 6.22. The molecule has 2 N–H and O–H groups in total. The van der Waals surface area contributed by atoms with Crippen LogP contribution in [-0.2, 0) is 0 Å². The van der Waals surface area contributed by atoms with Crippen LogP contribution in [0.15, 0.2) is 34.1 Å². The lowest BCUT2D eigenvalue weighted by molar-refractivity contribution is 0.181. The van der Waals surface area contributed by atoms with Gasteiger partial charge in [-0.3, -0.25) is 19.7 Å². The van der Waals surface area contributed by atoms with Crippen molar-refractivity contribution in [1.82, 2.24) is 9.88 Å². The summed E-state index contributed by atoms with van der Waals surface area (Å²) >= 11 is 0. The van der Waals surface area contributed by atoms with Gasteiger partial charge in [0, 0.05) is 35.6 Å². The number of aliphatic imine (C=N–C) groups is 1. The number of hydrogen-bond donors (Lipinski definition) is 2. The highest BCUT2D eigenvalue weighted by Gasteiger charge is 2.12. The van der Waals surface area contributed by atoms with Crippen LogP contribution in [0.1, 0.15) is 33.3 Å². The number of rotatable bonds is 6. The van der Waals surface area contributed by atoms with E-state index in [1.54, 1.807) is 18.3 Å². The zero-order chi connectivity index (χ0) is 17.0. The number of aromatic amines is 1. The number of aromatic hydroxyl groups is 1. The van der Waals surface area contributed by atoms with Gasteiger partial charge in [0.25, 0.3) is 5.56 Å². The number of hydrogen-bond acceptors (Lipinski definition) is 4. The summed E-state index contributed by atoms with van der Waals surface area (Å²) in [5.41, 5.74) is 0.266. The second-order valence-corrected chi connectivity index (χ2v) is 6.22. The lowest BCUT2D eigenvalue weighted by Gasteiger charge is -2.29. The number of pyridine rings is 1. The molecule has 0 amide bonds. The zero-order valence-corrected chi connectivity index (χ0v) is 14.2. The SMILES string of the molecule is CC(C)N(CCN=Cc1c(O)[nH]c(=O)c2ccccc12)C(C)C. The Morgan fingerprint density at radius 2 is 1.78 bits per heavy atom. The van der Waals surface area contributed by atoms with Crippen LogP contribution in [0.3, 0.4) is 0 Å². The third-order valence-corrected chi connectivity index (χ3v) is 3.98. The van der Waals surface area contributed by atoms with E-state index in [9.17, 15) is 9.90 Å². The molecule has 1 aromatic carbocycles. The quantitative estimate of drug-likeness (QED) is 0.805. The number of aromatic nitrogens is 1. The summed E-state index contributed by atoms with van der Waals surface area (Å²) in [5.74, 6) is -0.137. The van der Waals surface area contributed by atoms with Gasteiger partial charge < -0.3 is 5.11 Å². The van der Waals surface area contributed by atoms with E-state index < -0.39 is 0 Å². The summed E-state index contributed by atoms with van der Waals surface area (Å²) in [6.07, 6.45) is 1.65. The number of nitrogens with one attached hydrogen (secondary N) is 1. The van der Waals surface area contributed by atoms with Gasteiger partial charge in [0.1, 0.15) is 0 Å². The van der Waals surface area contributed by atoms with Gasteiger partial charge in [-0.05, 0) is 33.8 Å². The van der Waals surface area contributed by atoms with Crippen LogP contribution < -0.4 is 5.56 Å². The van der Waals surface area contributed by atoms with Crippen molar-refractivity contribution in [3.05, 3.63) is 40.2 Å². The highest BCUT2D eigenvalue weighted by Crippen LogP contribution is 2.20. The van der Waals surface area contributed by atoms with E-state index in [1.165, 1.54) is 0 Å². The molecule has 0 aliphatic rings. The van der Waals surface area contributed by atoms with Gasteiger partial charge in [-0.1, -0.05) is 18.2 Å². The maximum Gasteiger partial charge on any atom is 0.258 e. The zero-order valence-electron chi connectivity index (χ0n) is 14.2. The van der Waals surface area contributed by atoms with Crippen molar-refractivity contribution in [3.8, 4) is 5.88 Å². The normalized spacial score (nSPS) is 12.3. The van der Waals surface area contributed by atoms with Crippen molar-refractivity contribution >= 4 is 17.0 Å². The Kier molecular flexibility index (Phi) is 5.55. The van der Waals surface area contributed by atoms with E-state index in [2.05, 4.69) is 42.6 Å². The first kappa shape index (κ1) is 17.2. The fourth-order valence-corrected chi connectivity index (χ4v) is 2.86. The van der Waals surface area contributed by atoms with Crippen molar-refractivity contribution in [2.45, 2.75) is 39.8 Å². The molecule has 0 aliphatic carbocycles. The van der Waals surface area contributed by atoms with Crippen LogP contribution in [0.4, 0.5) is 0 Å². The van der Waals surface area contributed by atoms with Crippen molar-refractivity contribution in [1.29, 1.82) is 0 Å². The molecule has 0 atom stereocenters. The Hall–Kier alpha value is -2.14. The first-order chi connectivity index (χ1) is 10.9. The smallest absolute Gasteiger partial charge is 0.258 e. The average molecular weight is 315 g/mol. The minimum Gasteiger partial charge on any atom is -0.494 e. The van der Waals surface area contributed by atoms with Gasteiger partial charge in [-0.25, -0.2) is 0 Å². The van der Waals surface area contributed by atoms with E-state index in [0.717, 1.165) is 6.54 Å². The van der Waals surface area contributed by atoms with Crippen molar-refractivity contribution in [2.75, 3.05) is 13.1 Å². The lowest BCUT2D eigenvalue weighted by atomic mass is 10.1. The molecule has 0 saturated carbocycles. The fraction of sp³-hybridized carbons (Fsp3) is 0.444. The Labute approximate surface area is 136 Å². The van der Waals surface area contributed by atoms with Crippen LogP contribution >= 0.6 is 0 Å². The molecule has 1 aromatic heterocycles. The number of H-pyrrole nitrogens is 1. The lowest BCUT2D eigenvalue weighted by Crippen LogP contribution is -2.38. The minimum absolute atomic E-state index is 0.137. The highest BCUT2D eigenvalue weighted by molar-refractivity contribution is 6.01. The molecule has 0 radical (unpaired) electrons. The van der Waals surface area contributed by atoms with Crippen LogP contribution in [0.2, 0.25) is 0 Å². The summed E-state index contributed by atoms with van der Waals surface area (Å²) < 4.78 is 0. The van der Waals surface area contributed by atoms with Crippen molar-refractivity contribution in [2.24, 2.45) is 4.99 Å². The average Bonchev–Trinajstić information content (AvgIpc) is 2.49. The molecule has 0 fully saturated rings. The van der Waals surface area contributed by atoms with E-state index in [4.69, 9.17) is 0 Å². The van der Waals surface area contributed by atoms with Crippen molar-refractivity contribution in [3.63, 3.8) is 0 Å². The van der Waals surface area contributed by atoms with E-state index in [1.807, 2.05) is 12.1 Å². The molecule has 1 heterocycles. The van der Waals surface area contributed by atoms with E-state index in [0.29, 0.717) is 35.0 Å². The monoisotopic (exact) mass is 315 g/mol. The van der Waals surface area contributed by atoms with Gasteiger partial charge in [0.2, 0.25) is 5.88 Å². The van der Waals surface area contributed by atoms with Gasteiger partial charge in [-0.2, -0.15) is 0 Å². The summed E-state index contributed by atoms with van der Waals surface area (Å²) in [6, 6.07) is 8.14. The summed E-state index contributed by atoms with van der Waals surface area (Å²) in [5, 5.41) is 11.3. The number of nitrogens with zero attached hydrogens (tertiary/aromatic N) is 2. The van der Waals surface area contributed by atoms with Crippen LogP contribution in [0.5, 0.6) is 5.88 Å². The fourth-order valence-electron chi connectivity index (χ4n) is 2.86. The molecule has 23 heavy (non-hydrogen) atoms. The van der Waals surface area contributed by atoms with Gasteiger partial charge in [-0.15, -0.1) is 0 Å².